The number of anilines is 1. The lowest BCUT2D eigenvalue weighted by atomic mass is 10.0. The minimum Gasteiger partial charge on any atom is -0.351 e. The van der Waals surface area contributed by atoms with Gasteiger partial charge in [-0.1, -0.05) is 37.3 Å². The van der Waals surface area contributed by atoms with E-state index in [1.807, 2.05) is 18.2 Å². The number of hydrogen-bond donors (Lipinski definition) is 2. The first-order valence-corrected chi connectivity index (χ1v) is 7.58. The molecule has 1 heterocycles. The number of nitrogens with one attached hydrogen (secondary N) is 2. The van der Waals surface area contributed by atoms with E-state index in [1.165, 1.54) is 23.8 Å². The van der Waals surface area contributed by atoms with Crippen molar-refractivity contribution in [2.45, 2.75) is 19.8 Å². The summed E-state index contributed by atoms with van der Waals surface area (Å²) in [5, 5.41) is 6.28. The molecular formula is C16H18N2O2S. The summed E-state index contributed by atoms with van der Waals surface area (Å²) in [6.45, 7) is 4.10. The van der Waals surface area contributed by atoms with Crippen LogP contribution in [-0.2, 0) is 4.79 Å². The Morgan fingerprint density at radius 1 is 1.14 bits per heavy atom. The van der Waals surface area contributed by atoms with Crippen LogP contribution in [-0.4, -0.2) is 18.4 Å². The zero-order valence-electron chi connectivity index (χ0n) is 12.1. The predicted molar refractivity (Wildman–Crippen MR) is 85.8 cm³/mol. The van der Waals surface area contributed by atoms with Crippen molar-refractivity contribution in [3.63, 3.8) is 0 Å². The molecule has 21 heavy (non-hydrogen) atoms. The first-order valence-electron chi connectivity index (χ1n) is 6.77. The number of thiophene rings is 1. The van der Waals surface area contributed by atoms with Gasteiger partial charge in [-0.05, 0) is 23.6 Å². The maximum Gasteiger partial charge on any atom is 0.261 e. The van der Waals surface area contributed by atoms with Gasteiger partial charge in [-0.3, -0.25) is 9.59 Å². The number of carbonyl (C=O) groups excluding carboxylic acids is 2. The molecule has 0 aliphatic heterocycles. The highest BCUT2D eigenvalue weighted by Crippen LogP contribution is 2.22. The van der Waals surface area contributed by atoms with E-state index >= 15 is 0 Å². The van der Waals surface area contributed by atoms with Crippen LogP contribution in [0.5, 0.6) is 0 Å². The monoisotopic (exact) mass is 302 g/mol. The molecule has 0 saturated carbocycles. The van der Waals surface area contributed by atoms with Crippen LogP contribution in [0.4, 0.5) is 5.00 Å². The SMILES string of the molecule is CC(=O)Nc1ccc(C(=O)NCC(C)c2ccccc2)s1. The van der Waals surface area contributed by atoms with E-state index in [1.54, 1.807) is 12.1 Å². The molecule has 110 valence electrons. The van der Waals surface area contributed by atoms with Gasteiger partial charge < -0.3 is 10.6 Å². The molecule has 0 radical (unpaired) electrons. The Bertz CT molecular complexity index is 622. The Kier molecular flexibility index (Phi) is 5.11. The van der Waals surface area contributed by atoms with Crippen LogP contribution in [0.2, 0.25) is 0 Å². The molecule has 2 amide bonds. The van der Waals surface area contributed by atoms with Crippen molar-refractivity contribution < 1.29 is 9.59 Å². The topological polar surface area (TPSA) is 58.2 Å². The molecule has 1 atom stereocenters. The second-order valence-corrected chi connectivity index (χ2v) is 5.95. The summed E-state index contributed by atoms with van der Waals surface area (Å²) >= 11 is 1.27. The molecule has 1 aromatic carbocycles. The van der Waals surface area contributed by atoms with Crippen molar-refractivity contribution in [1.29, 1.82) is 0 Å². The fraction of sp³-hybridized carbons (Fsp3) is 0.250. The number of carbonyl (C=O) groups is 2. The number of benzene rings is 1. The molecule has 1 aromatic heterocycles. The molecule has 2 rings (SSSR count). The smallest absolute Gasteiger partial charge is 0.261 e. The van der Waals surface area contributed by atoms with E-state index in [0.29, 0.717) is 16.4 Å². The predicted octanol–water partition coefficient (Wildman–Crippen LogP) is 3.24. The highest BCUT2D eigenvalue weighted by Gasteiger charge is 2.12. The average Bonchev–Trinajstić information content (AvgIpc) is 2.93. The molecule has 1 unspecified atom stereocenters. The normalized spacial score (nSPS) is 11.7. The Labute approximate surface area is 128 Å². The van der Waals surface area contributed by atoms with Crippen LogP contribution in [0.3, 0.4) is 0 Å². The van der Waals surface area contributed by atoms with Crippen LogP contribution < -0.4 is 10.6 Å². The number of rotatable bonds is 5. The van der Waals surface area contributed by atoms with Gasteiger partial charge in [0.2, 0.25) is 5.91 Å². The molecule has 2 N–H and O–H groups in total. The lowest BCUT2D eigenvalue weighted by Crippen LogP contribution is -2.26. The van der Waals surface area contributed by atoms with Crippen molar-refractivity contribution in [3.05, 3.63) is 52.9 Å². The van der Waals surface area contributed by atoms with E-state index in [0.717, 1.165) is 0 Å². The molecule has 5 heteroatoms. The zero-order chi connectivity index (χ0) is 15.2. The Morgan fingerprint density at radius 3 is 2.52 bits per heavy atom. The molecule has 0 bridgehead atoms. The summed E-state index contributed by atoms with van der Waals surface area (Å²) < 4.78 is 0. The van der Waals surface area contributed by atoms with Gasteiger partial charge in [-0.2, -0.15) is 0 Å². The van der Waals surface area contributed by atoms with E-state index in [4.69, 9.17) is 0 Å². The fourth-order valence-electron chi connectivity index (χ4n) is 1.93. The van der Waals surface area contributed by atoms with Crippen molar-refractivity contribution in [1.82, 2.24) is 5.32 Å². The second-order valence-electron chi connectivity index (χ2n) is 4.87. The van der Waals surface area contributed by atoms with E-state index < -0.39 is 0 Å². The van der Waals surface area contributed by atoms with Crippen LogP contribution >= 0.6 is 11.3 Å². The van der Waals surface area contributed by atoms with Crippen molar-refractivity contribution >= 4 is 28.2 Å². The zero-order valence-corrected chi connectivity index (χ0v) is 12.9. The Balaban J connectivity index is 1.90. The molecule has 0 saturated heterocycles. The van der Waals surface area contributed by atoms with Crippen LogP contribution in [0.1, 0.15) is 35.0 Å². The summed E-state index contributed by atoms with van der Waals surface area (Å²) in [5.41, 5.74) is 1.20. The first kappa shape index (κ1) is 15.3. The van der Waals surface area contributed by atoms with E-state index in [-0.39, 0.29) is 17.7 Å². The lowest BCUT2D eigenvalue weighted by molar-refractivity contribution is -0.114. The maximum absolute atomic E-state index is 12.1. The highest BCUT2D eigenvalue weighted by molar-refractivity contribution is 7.18. The third-order valence-corrected chi connectivity index (χ3v) is 4.07. The summed E-state index contributed by atoms with van der Waals surface area (Å²) in [6, 6.07) is 13.5. The summed E-state index contributed by atoms with van der Waals surface area (Å²) in [7, 11) is 0. The second kappa shape index (κ2) is 7.04. The lowest BCUT2D eigenvalue weighted by Gasteiger charge is -2.12. The molecule has 0 aliphatic rings. The van der Waals surface area contributed by atoms with Gasteiger partial charge in [0.1, 0.15) is 0 Å². The molecule has 0 spiro atoms. The van der Waals surface area contributed by atoms with Crippen molar-refractivity contribution in [2.24, 2.45) is 0 Å². The Hall–Kier alpha value is -2.14. The quantitative estimate of drug-likeness (QED) is 0.891. The van der Waals surface area contributed by atoms with Gasteiger partial charge in [0, 0.05) is 13.5 Å². The maximum atomic E-state index is 12.1. The third kappa shape index (κ3) is 4.43. The third-order valence-electron chi connectivity index (χ3n) is 3.07. The first-order chi connectivity index (χ1) is 10.1. The van der Waals surface area contributed by atoms with Gasteiger partial charge in [0.05, 0.1) is 9.88 Å². The van der Waals surface area contributed by atoms with Crippen LogP contribution in [0.25, 0.3) is 0 Å². The number of amides is 2. The van der Waals surface area contributed by atoms with Gasteiger partial charge in [-0.25, -0.2) is 0 Å². The van der Waals surface area contributed by atoms with E-state index in [9.17, 15) is 9.59 Å². The average molecular weight is 302 g/mol. The molecular weight excluding hydrogens is 284 g/mol. The minimum atomic E-state index is -0.137. The summed E-state index contributed by atoms with van der Waals surface area (Å²) in [5.74, 6) is 0.00539. The number of hydrogen-bond acceptors (Lipinski definition) is 3. The van der Waals surface area contributed by atoms with Gasteiger partial charge in [0.25, 0.3) is 5.91 Å². The molecule has 4 nitrogen and oxygen atoms in total. The van der Waals surface area contributed by atoms with E-state index in [2.05, 4.69) is 29.7 Å². The Morgan fingerprint density at radius 2 is 1.86 bits per heavy atom. The van der Waals surface area contributed by atoms with Crippen molar-refractivity contribution in [2.75, 3.05) is 11.9 Å². The highest BCUT2D eigenvalue weighted by atomic mass is 32.1. The van der Waals surface area contributed by atoms with Crippen LogP contribution in [0, 0.1) is 0 Å². The standard InChI is InChI=1S/C16H18N2O2S/c1-11(13-6-4-3-5-7-13)10-17-16(20)14-8-9-15(21-14)18-12(2)19/h3-9,11H,10H2,1-2H3,(H,17,20)(H,18,19). The molecule has 0 fully saturated rings. The fourth-order valence-corrected chi connectivity index (χ4v) is 2.80. The largest absolute Gasteiger partial charge is 0.351 e. The summed E-state index contributed by atoms with van der Waals surface area (Å²) in [6.07, 6.45) is 0. The van der Waals surface area contributed by atoms with Gasteiger partial charge in [0.15, 0.2) is 0 Å². The molecule has 0 aliphatic carbocycles. The minimum absolute atomic E-state index is 0.112. The van der Waals surface area contributed by atoms with Gasteiger partial charge in [-0.15, -0.1) is 11.3 Å². The summed E-state index contributed by atoms with van der Waals surface area (Å²) in [4.78, 5) is 23.6. The molecule has 2 aromatic rings. The van der Waals surface area contributed by atoms with Gasteiger partial charge >= 0.3 is 0 Å². The van der Waals surface area contributed by atoms with Crippen LogP contribution in [0.15, 0.2) is 42.5 Å². The van der Waals surface area contributed by atoms with Crippen molar-refractivity contribution in [3.8, 4) is 0 Å².